The molecule has 0 radical (unpaired) electrons. The highest BCUT2D eigenvalue weighted by Gasteiger charge is 2.10. The van der Waals surface area contributed by atoms with Crippen molar-refractivity contribution in [2.45, 2.75) is 6.54 Å². The zero-order valence-corrected chi connectivity index (χ0v) is 15.6. The third-order valence-corrected chi connectivity index (χ3v) is 4.26. The molecule has 0 fully saturated rings. The summed E-state index contributed by atoms with van der Waals surface area (Å²) in [6.45, 7) is 0.424. The maximum absolute atomic E-state index is 11.9. The van der Waals surface area contributed by atoms with E-state index in [1.807, 2.05) is 72.8 Å². The van der Waals surface area contributed by atoms with Gasteiger partial charge in [0.05, 0.1) is 0 Å². The van der Waals surface area contributed by atoms with Crippen molar-refractivity contribution in [1.82, 2.24) is 15.5 Å². The number of rotatable bonds is 7. The first-order chi connectivity index (χ1) is 14.3. The molecule has 1 amide bonds. The van der Waals surface area contributed by atoms with Crippen LogP contribution < -0.4 is 10.1 Å². The van der Waals surface area contributed by atoms with Crippen LogP contribution in [0.15, 0.2) is 89.5 Å². The average Bonchev–Trinajstić information content (AvgIpc) is 3.28. The van der Waals surface area contributed by atoms with Crippen molar-refractivity contribution >= 4 is 5.91 Å². The molecule has 6 nitrogen and oxygen atoms in total. The SMILES string of the molecule is O=C(COc1ccc(-c2nc(-c3ccccc3)no2)cc1)NCc1ccccc1. The van der Waals surface area contributed by atoms with Gasteiger partial charge in [0.15, 0.2) is 6.61 Å². The number of benzene rings is 3. The molecule has 0 atom stereocenters. The van der Waals surface area contributed by atoms with Crippen molar-refractivity contribution in [3.05, 3.63) is 90.5 Å². The highest BCUT2D eigenvalue weighted by molar-refractivity contribution is 5.77. The number of nitrogens with one attached hydrogen (secondary N) is 1. The molecule has 144 valence electrons. The van der Waals surface area contributed by atoms with Crippen molar-refractivity contribution in [3.8, 4) is 28.6 Å². The van der Waals surface area contributed by atoms with E-state index in [1.165, 1.54) is 0 Å². The lowest BCUT2D eigenvalue weighted by Gasteiger charge is -2.08. The summed E-state index contributed by atoms with van der Waals surface area (Å²) < 4.78 is 10.9. The van der Waals surface area contributed by atoms with E-state index >= 15 is 0 Å². The van der Waals surface area contributed by atoms with E-state index < -0.39 is 0 Å². The van der Waals surface area contributed by atoms with Gasteiger partial charge in [-0.3, -0.25) is 4.79 Å². The summed E-state index contributed by atoms with van der Waals surface area (Å²) in [5.74, 6) is 1.38. The van der Waals surface area contributed by atoms with Gasteiger partial charge >= 0.3 is 0 Å². The largest absolute Gasteiger partial charge is 0.484 e. The molecule has 3 aromatic carbocycles. The van der Waals surface area contributed by atoms with Crippen LogP contribution in [-0.4, -0.2) is 22.7 Å². The molecule has 0 spiro atoms. The molecule has 0 bridgehead atoms. The molecule has 0 saturated carbocycles. The molecule has 4 aromatic rings. The number of ether oxygens (including phenoxy) is 1. The molecule has 1 N–H and O–H groups in total. The standard InChI is InChI=1S/C23H19N3O3/c27-21(24-15-17-7-3-1-4-8-17)16-28-20-13-11-19(12-14-20)23-25-22(26-29-23)18-9-5-2-6-10-18/h1-14H,15-16H2,(H,24,27). The average molecular weight is 385 g/mol. The zero-order chi connectivity index (χ0) is 19.9. The molecule has 29 heavy (non-hydrogen) atoms. The van der Waals surface area contributed by atoms with Gasteiger partial charge in [0, 0.05) is 17.7 Å². The van der Waals surface area contributed by atoms with Crippen LogP contribution in [-0.2, 0) is 11.3 Å². The Hall–Kier alpha value is -3.93. The Morgan fingerprint density at radius 3 is 2.28 bits per heavy atom. The van der Waals surface area contributed by atoms with Crippen LogP contribution in [0, 0.1) is 0 Å². The quantitative estimate of drug-likeness (QED) is 0.518. The fourth-order valence-electron chi connectivity index (χ4n) is 2.74. The van der Waals surface area contributed by atoms with Crippen LogP contribution in [0.25, 0.3) is 22.8 Å². The maximum Gasteiger partial charge on any atom is 0.258 e. The fourth-order valence-corrected chi connectivity index (χ4v) is 2.74. The molecule has 1 heterocycles. The van der Waals surface area contributed by atoms with Crippen LogP contribution in [0.2, 0.25) is 0 Å². The molecule has 0 saturated heterocycles. The minimum Gasteiger partial charge on any atom is -0.484 e. The van der Waals surface area contributed by atoms with Gasteiger partial charge in [-0.25, -0.2) is 0 Å². The topological polar surface area (TPSA) is 77.2 Å². The van der Waals surface area contributed by atoms with Crippen LogP contribution in [0.4, 0.5) is 0 Å². The Labute approximate surface area is 168 Å². The lowest BCUT2D eigenvalue weighted by Crippen LogP contribution is -2.28. The van der Waals surface area contributed by atoms with Crippen LogP contribution in [0.1, 0.15) is 5.56 Å². The van der Waals surface area contributed by atoms with Crippen LogP contribution in [0.5, 0.6) is 5.75 Å². The van der Waals surface area contributed by atoms with Crippen molar-refractivity contribution in [2.24, 2.45) is 0 Å². The third-order valence-electron chi connectivity index (χ3n) is 4.26. The first kappa shape index (κ1) is 18.4. The van der Waals surface area contributed by atoms with E-state index in [1.54, 1.807) is 12.1 Å². The predicted octanol–water partition coefficient (Wildman–Crippen LogP) is 4.10. The summed E-state index contributed by atoms with van der Waals surface area (Å²) in [6.07, 6.45) is 0. The van der Waals surface area contributed by atoms with Crippen molar-refractivity contribution in [3.63, 3.8) is 0 Å². The summed E-state index contributed by atoms with van der Waals surface area (Å²) in [7, 11) is 0. The maximum atomic E-state index is 11.9. The van der Waals surface area contributed by atoms with E-state index in [0.29, 0.717) is 24.0 Å². The van der Waals surface area contributed by atoms with Crippen molar-refractivity contribution in [2.75, 3.05) is 6.61 Å². The molecule has 0 aliphatic carbocycles. The Bertz CT molecular complexity index is 1060. The van der Waals surface area contributed by atoms with Crippen LogP contribution >= 0.6 is 0 Å². The second-order valence-corrected chi connectivity index (χ2v) is 6.36. The number of nitrogens with zero attached hydrogens (tertiary/aromatic N) is 2. The van der Waals surface area contributed by atoms with Gasteiger partial charge in [-0.15, -0.1) is 0 Å². The van der Waals surface area contributed by atoms with Crippen molar-refractivity contribution < 1.29 is 14.1 Å². The van der Waals surface area contributed by atoms with E-state index in [0.717, 1.165) is 16.7 Å². The normalized spacial score (nSPS) is 10.5. The number of aromatic nitrogens is 2. The first-order valence-electron chi connectivity index (χ1n) is 9.21. The molecule has 0 unspecified atom stereocenters. The highest BCUT2D eigenvalue weighted by atomic mass is 16.5. The monoisotopic (exact) mass is 385 g/mol. The lowest BCUT2D eigenvalue weighted by molar-refractivity contribution is -0.123. The molecular formula is C23H19N3O3. The van der Waals surface area contributed by atoms with Gasteiger partial charge < -0.3 is 14.6 Å². The Kier molecular flexibility index (Phi) is 5.62. The molecule has 1 aromatic heterocycles. The summed E-state index contributed by atoms with van der Waals surface area (Å²) in [5.41, 5.74) is 2.71. The number of hydrogen-bond acceptors (Lipinski definition) is 5. The summed E-state index contributed by atoms with van der Waals surface area (Å²) >= 11 is 0. The number of amides is 1. The van der Waals surface area contributed by atoms with Gasteiger partial charge in [-0.1, -0.05) is 65.8 Å². The molecule has 0 aliphatic heterocycles. The summed E-state index contributed by atoms with van der Waals surface area (Å²) in [6, 6.07) is 26.5. The summed E-state index contributed by atoms with van der Waals surface area (Å²) in [5, 5.41) is 6.85. The first-order valence-corrected chi connectivity index (χ1v) is 9.21. The number of carbonyl (C=O) groups is 1. The minimum atomic E-state index is -0.178. The van der Waals surface area contributed by atoms with Gasteiger partial charge in [-0.05, 0) is 29.8 Å². The molecule has 4 rings (SSSR count). The van der Waals surface area contributed by atoms with E-state index in [9.17, 15) is 4.79 Å². The second kappa shape index (κ2) is 8.84. The summed E-state index contributed by atoms with van der Waals surface area (Å²) in [4.78, 5) is 16.4. The third kappa shape index (κ3) is 4.87. The number of hydrogen-bond donors (Lipinski definition) is 1. The Balaban J connectivity index is 1.31. The smallest absolute Gasteiger partial charge is 0.258 e. The van der Waals surface area contributed by atoms with Gasteiger partial charge in [0.1, 0.15) is 5.75 Å². The van der Waals surface area contributed by atoms with Crippen LogP contribution in [0.3, 0.4) is 0 Å². The Morgan fingerprint density at radius 2 is 1.55 bits per heavy atom. The molecular weight excluding hydrogens is 366 g/mol. The predicted molar refractivity (Wildman–Crippen MR) is 109 cm³/mol. The Morgan fingerprint density at radius 1 is 0.862 bits per heavy atom. The number of carbonyl (C=O) groups excluding carboxylic acids is 1. The van der Waals surface area contributed by atoms with Gasteiger partial charge in [-0.2, -0.15) is 4.98 Å². The van der Waals surface area contributed by atoms with Gasteiger partial charge in [0.2, 0.25) is 5.82 Å². The second-order valence-electron chi connectivity index (χ2n) is 6.36. The zero-order valence-electron chi connectivity index (χ0n) is 15.6. The lowest BCUT2D eigenvalue weighted by atomic mass is 10.2. The fraction of sp³-hybridized carbons (Fsp3) is 0.0870. The molecule has 6 heteroatoms. The van der Waals surface area contributed by atoms with E-state index in [4.69, 9.17) is 9.26 Å². The van der Waals surface area contributed by atoms with E-state index in [-0.39, 0.29) is 12.5 Å². The molecule has 0 aliphatic rings. The minimum absolute atomic E-state index is 0.0507. The van der Waals surface area contributed by atoms with E-state index in [2.05, 4.69) is 15.5 Å². The van der Waals surface area contributed by atoms with Gasteiger partial charge in [0.25, 0.3) is 11.8 Å². The van der Waals surface area contributed by atoms with Crippen molar-refractivity contribution in [1.29, 1.82) is 0 Å². The highest BCUT2D eigenvalue weighted by Crippen LogP contribution is 2.24.